The Kier molecular flexibility index (Phi) is 2.53. The normalized spacial score (nSPS) is 15.6. The van der Waals surface area contributed by atoms with Gasteiger partial charge in [-0.1, -0.05) is 5.16 Å². The Hall–Kier alpha value is -1.13. The van der Waals surface area contributed by atoms with E-state index in [9.17, 15) is 0 Å². The Morgan fingerprint density at radius 3 is 3.06 bits per heavy atom. The molecule has 1 aliphatic carbocycles. The number of nitrogens with zero attached hydrogens (tertiary/aromatic N) is 1. The fourth-order valence-electron chi connectivity index (χ4n) is 1.69. The Labute approximate surface area is 98.5 Å². The summed E-state index contributed by atoms with van der Waals surface area (Å²) in [6.45, 7) is 2.97. The fourth-order valence-corrected chi connectivity index (χ4v) is 2.57. The van der Waals surface area contributed by atoms with Gasteiger partial charge in [0.2, 0.25) is 0 Å². The van der Waals surface area contributed by atoms with E-state index in [0.717, 1.165) is 17.9 Å². The zero-order valence-electron chi connectivity index (χ0n) is 9.19. The molecule has 16 heavy (non-hydrogen) atoms. The highest BCUT2D eigenvalue weighted by Gasteiger charge is 2.21. The van der Waals surface area contributed by atoms with Crippen molar-refractivity contribution < 1.29 is 4.52 Å². The molecule has 0 spiro atoms. The number of aryl methyl sites for hydroxylation is 1. The van der Waals surface area contributed by atoms with Crippen LogP contribution in [0, 0.1) is 6.92 Å². The second-order valence-corrected chi connectivity index (χ2v) is 5.53. The number of hydrogen-bond donors (Lipinski definition) is 1. The monoisotopic (exact) mass is 234 g/mol. The lowest BCUT2D eigenvalue weighted by Crippen LogP contribution is -2.15. The van der Waals surface area contributed by atoms with Gasteiger partial charge in [0.25, 0.3) is 0 Å². The van der Waals surface area contributed by atoms with Gasteiger partial charge < -0.3 is 9.84 Å². The Bertz CT molecular complexity index is 485. The molecule has 0 saturated heterocycles. The van der Waals surface area contributed by atoms with Gasteiger partial charge in [-0.15, -0.1) is 11.3 Å². The second kappa shape index (κ2) is 4.03. The van der Waals surface area contributed by atoms with Crippen LogP contribution in [0.15, 0.2) is 22.9 Å². The molecule has 84 valence electrons. The first-order chi connectivity index (χ1) is 7.83. The molecule has 2 aromatic rings. The lowest BCUT2D eigenvalue weighted by atomic mass is 10.2. The van der Waals surface area contributed by atoms with Gasteiger partial charge in [0.05, 0.1) is 11.1 Å². The molecule has 3 nitrogen and oxygen atoms in total. The van der Waals surface area contributed by atoms with Crippen molar-refractivity contribution in [2.45, 2.75) is 32.4 Å². The largest absolute Gasteiger partial charge is 0.355 e. The number of aromatic nitrogens is 1. The molecule has 2 aromatic heterocycles. The van der Waals surface area contributed by atoms with Gasteiger partial charge in [0.1, 0.15) is 0 Å². The smallest absolute Gasteiger partial charge is 0.181 e. The highest BCUT2D eigenvalue weighted by molar-refractivity contribution is 7.15. The van der Waals surface area contributed by atoms with Crippen LogP contribution in [0.5, 0.6) is 0 Å². The summed E-state index contributed by atoms with van der Waals surface area (Å²) < 4.78 is 5.34. The minimum absolute atomic E-state index is 0.716. The van der Waals surface area contributed by atoms with Gasteiger partial charge in [0, 0.05) is 23.0 Å². The Morgan fingerprint density at radius 1 is 1.50 bits per heavy atom. The first-order valence-electron chi connectivity index (χ1n) is 5.56. The van der Waals surface area contributed by atoms with E-state index in [-0.39, 0.29) is 0 Å². The van der Waals surface area contributed by atoms with Crippen molar-refractivity contribution in [2.75, 3.05) is 0 Å². The van der Waals surface area contributed by atoms with Crippen molar-refractivity contribution in [3.05, 3.63) is 28.8 Å². The fraction of sp³-hybridized carbons (Fsp3) is 0.417. The summed E-state index contributed by atoms with van der Waals surface area (Å²) in [6.07, 6.45) is 4.43. The van der Waals surface area contributed by atoms with E-state index in [0.29, 0.717) is 6.04 Å². The van der Waals surface area contributed by atoms with Crippen LogP contribution in [0.4, 0.5) is 0 Å². The van der Waals surface area contributed by atoms with E-state index in [1.165, 1.54) is 22.6 Å². The van der Waals surface area contributed by atoms with Gasteiger partial charge in [-0.2, -0.15) is 0 Å². The lowest BCUT2D eigenvalue weighted by Gasteiger charge is -2.00. The summed E-state index contributed by atoms with van der Waals surface area (Å²) in [7, 11) is 0. The number of hydrogen-bond acceptors (Lipinski definition) is 4. The molecular weight excluding hydrogens is 220 g/mol. The van der Waals surface area contributed by atoms with Crippen molar-refractivity contribution in [3.63, 3.8) is 0 Å². The molecule has 0 bridgehead atoms. The van der Waals surface area contributed by atoms with Crippen LogP contribution in [-0.4, -0.2) is 11.2 Å². The van der Waals surface area contributed by atoms with Gasteiger partial charge in [-0.3, -0.25) is 0 Å². The summed E-state index contributed by atoms with van der Waals surface area (Å²) in [6, 6.07) is 4.93. The van der Waals surface area contributed by atoms with Gasteiger partial charge in [-0.25, -0.2) is 0 Å². The van der Waals surface area contributed by atoms with Crippen LogP contribution in [-0.2, 0) is 6.54 Å². The van der Waals surface area contributed by atoms with Crippen LogP contribution in [0.2, 0.25) is 0 Å². The van der Waals surface area contributed by atoms with Crippen molar-refractivity contribution in [2.24, 2.45) is 0 Å². The quantitative estimate of drug-likeness (QED) is 0.883. The second-order valence-electron chi connectivity index (χ2n) is 4.25. The van der Waals surface area contributed by atoms with E-state index in [1.54, 1.807) is 11.3 Å². The SMILES string of the molecule is Cc1ccc(-c2oncc2CNC2CC2)s1. The van der Waals surface area contributed by atoms with Crippen LogP contribution >= 0.6 is 11.3 Å². The maximum absolute atomic E-state index is 5.34. The molecule has 1 fully saturated rings. The molecule has 1 aliphatic rings. The summed E-state index contributed by atoms with van der Waals surface area (Å²) in [5.41, 5.74) is 1.16. The third-order valence-electron chi connectivity index (χ3n) is 2.77. The molecule has 3 rings (SSSR count). The molecule has 0 radical (unpaired) electrons. The Balaban J connectivity index is 1.80. The third-order valence-corrected chi connectivity index (χ3v) is 3.77. The standard InChI is InChI=1S/C12H14N2OS/c1-8-2-5-11(16-8)12-9(7-14-15-12)6-13-10-3-4-10/h2,5,7,10,13H,3-4,6H2,1H3. The zero-order chi connectivity index (χ0) is 11.0. The van der Waals surface area contributed by atoms with Gasteiger partial charge >= 0.3 is 0 Å². The highest BCUT2D eigenvalue weighted by atomic mass is 32.1. The van der Waals surface area contributed by atoms with Crippen molar-refractivity contribution in [1.29, 1.82) is 0 Å². The minimum atomic E-state index is 0.716. The third kappa shape index (κ3) is 2.03. The zero-order valence-corrected chi connectivity index (χ0v) is 10.0. The predicted octanol–water partition coefficient (Wildman–Crippen LogP) is 2.96. The number of nitrogens with one attached hydrogen (secondary N) is 1. The highest BCUT2D eigenvalue weighted by Crippen LogP contribution is 2.30. The maximum Gasteiger partial charge on any atom is 0.181 e. The molecule has 0 amide bonds. The number of thiophene rings is 1. The van der Waals surface area contributed by atoms with Crippen molar-refractivity contribution in [3.8, 4) is 10.6 Å². The van der Waals surface area contributed by atoms with Gasteiger partial charge in [-0.05, 0) is 31.9 Å². The topological polar surface area (TPSA) is 38.1 Å². The van der Waals surface area contributed by atoms with E-state index in [1.807, 2.05) is 6.20 Å². The van der Waals surface area contributed by atoms with Crippen LogP contribution in [0.3, 0.4) is 0 Å². The van der Waals surface area contributed by atoms with Crippen molar-refractivity contribution in [1.82, 2.24) is 10.5 Å². The molecule has 0 aromatic carbocycles. The molecule has 2 heterocycles. The van der Waals surface area contributed by atoms with E-state index in [2.05, 4.69) is 29.5 Å². The minimum Gasteiger partial charge on any atom is -0.355 e. The molecular formula is C12H14N2OS. The van der Waals surface area contributed by atoms with E-state index < -0.39 is 0 Å². The molecule has 1 N–H and O–H groups in total. The number of rotatable bonds is 4. The first kappa shape index (κ1) is 10.1. The summed E-state index contributed by atoms with van der Waals surface area (Å²) >= 11 is 1.75. The average molecular weight is 234 g/mol. The summed E-state index contributed by atoms with van der Waals surface area (Å²) in [4.78, 5) is 2.47. The Morgan fingerprint density at radius 2 is 2.38 bits per heavy atom. The van der Waals surface area contributed by atoms with E-state index >= 15 is 0 Å². The molecule has 0 unspecified atom stereocenters. The van der Waals surface area contributed by atoms with Crippen LogP contribution in [0.1, 0.15) is 23.3 Å². The molecule has 0 atom stereocenters. The van der Waals surface area contributed by atoms with Crippen LogP contribution < -0.4 is 5.32 Å². The summed E-state index contributed by atoms with van der Waals surface area (Å²) in [5.74, 6) is 0.922. The molecule has 1 saturated carbocycles. The van der Waals surface area contributed by atoms with Crippen molar-refractivity contribution >= 4 is 11.3 Å². The lowest BCUT2D eigenvalue weighted by molar-refractivity contribution is 0.432. The molecule has 4 heteroatoms. The average Bonchev–Trinajstić information content (AvgIpc) is 2.82. The first-order valence-corrected chi connectivity index (χ1v) is 6.38. The van der Waals surface area contributed by atoms with Crippen LogP contribution in [0.25, 0.3) is 10.6 Å². The predicted molar refractivity (Wildman–Crippen MR) is 64.4 cm³/mol. The maximum atomic E-state index is 5.34. The summed E-state index contributed by atoms with van der Waals surface area (Å²) in [5, 5.41) is 7.38. The molecule has 0 aliphatic heterocycles. The van der Waals surface area contributed by atoms with Gasteiger partial charge in [0.15, 0.2) is 5.76 Å². The van der Waals surface area contributed by atoms with E-state index in [4.69, 9.17) is 4.52 Å².